The zero-order valence-electron chi connectivity index (χ0n) is 17.7. The normalized spacial score (nSPS) is 11.2. The largest absolute Gasteiger partial charge is 0.347 e. The minimum atomic E-state index is -0.243. The first-order valence-electron chi connectivity index (χ1n) is 10.5. The lowest BCUT2D eigenvalue weighted by atomic mass is 10.2. The number of hydrogen-bond donors (Lipinski definition) is 1. The maximum Gasteiger partial charge on any atom is 0.268 e. The van der Waals surface area contributed by atoms with Gasteiger partial charge in [-0.1, -0.05) is 66.7 Å². The topological polar surface area (TPSA) is 68.4 Å². The number of fused-ring (bicyclic) bond motifs is 2. The van der Waals surface area contributed by atoms with Crippen LogP contribution in [0.2, 0.25) is 0 Å². The zero-order chi connectivity index (χ0) is 22.1. The average molecular weight is 422 g/mol. The standard InChI is InChI=1S/C26H22N4O2/c1-18-12-13-23-28-24-21(26(32)30(23)16-18)14-22(29(24)17-20-10-6-3-7-11-20)25(31)27-15-19-8-4-2-5-9-19/h2-14,16H,15,17H2,1H3,(H,27,31). The molecule has 1 amide bonds. The third-order valence-electron chi connectivity index (χ3n) is 5.52. The molecule has 0 aliphatic carbocycles. The number of carbonyl (C=O) groups excluding carboxylic acids is 1. The molecule has 32 heavy (non-hydrogen) atoms. The van der Waals surface area contributed by atoms with E-state index in [9.17, 15) is 9.59 Å². The molecule has 0 spiro atoms. The first-order valence-corrected chi connectivity index (χ1v) is 10.5. The highest BCUT2D eigenvalue weighted by molar-refractivity contribution is 5.98. The van der Waals surface area contributed by atoms with Crippen LogP contribution >= 0.6 is 0 Å². The molecule has 3 heterocycles. The maximum absolute atomic E-state index is 13.2. The molecule has 6 heteroatoms. The Labute approximate surface area is 184 Å². The number of aryl methyl sites for hydroxylation is 1. The smallest absolute Gasteiger partial charge is 0.268 e. The fourth-order valence-electron chi connectivity index (χ4n) is 3.89. The van der Waals surface area contributed by atoms with Crippen molar-refractivity contribution in [1.82, 2.24) is 19.3 Å². The molecule has 1 N–H and O–H groups in total. The second-order valence-corrected chi connectivity index (χ2v) is 7.86. The molecule has 5 rings (SSSR count). The van der Waals surface area contributed by atoms with E-state index in [-0.39, 0.29) is 11.5 Å². The molecule has 0 saturated heterocycles. The number of rotatable bonds is 5. The molecule has 0 fully saturated rings. The molecule has 6 nitrogen and oxygen atoms in total. The second-order valence-electron chi connectivity index (χ2n) is 7.86. The highest BCUT2D eigenvalue weighted by Crippen LogP contribution is 2.19. The monoisotopic (exact) mass is 422 g/mol. The summed E-state index contributed by atoms with van der Waals surface area (Å²) >= 11 is 0. The molecule has 158 valence electrons. The molecular formula is C26H22N4O2. The Morgan fingerprint density at radius 3 is 2.34 bits per heavy atom. The Kier molecular flexibility index (Phi) is 5.03. The number of pyridine rings is 1. The molecular weight excluding hydrogens is 400 g/mol. The van der Waals surface area contributed by atoms with Gasteiger partial charge in [0, 0.05) is 19.3 Å². The van der Waals surface area contributed by atoms with Crippen LogP contribution in [0.25, 0.3) is 16.7 Å². The summed E-state index contributed by atoms with van der Waals surface area (Å²) in [6, 6.07) is 25.0. The number of nitrogens with one attached hydrogen (secondary N) is 1. The summed E-state index contributed by atoms with van der Waals surface area (Å²) in [5.41, 5.74) is 4.28. The summed E-state index contributed by atoms with van der Waals surface area (Å²) in [6.45, 7) is 2.77. The lowest BCUT2D eigenvalue weighted by molar-refractivity contribution is 0.0942. The zero-order valence-corrected chi connectivity index (χ0v) is 17.7. The van der Waals surface area contributed by atoms with Gasteiger partial charge in [0.1, 0.15) is 17.0 Å². The van der Waals surface area contributed by atoms with Crippen molar-refractivity contribution in [2.24, 2.45) is 0 Å². The molecule has 0 aliphatic rings. The minimum absolute atomic E-state index is 0.183. The van der Waals surface area contributed by atoms with E-state index in [1.165, 1.54) is 4.40 Å². The lowest BCUT2D eigenvalue weighted by Gasteiger charge is -2.11. The van der Waals surface area contributed by atoms with Crippen LogP contribution in [-0.4, -0.2) is 19.9 Å². The van der Waals surface area contributed by atoms with E-state index in [1.807, 2.05) is 84.3 Å². The number of hydrogen-bond acceptors (Lipinski definition) is 3. The van der Waals surface area contributed by atoms with Crippen LogP contribution in [-0.2, 0) is 13.1 Å². The number of aromatic nitrogens is 3. The van der Waals surface area contributed by atoms with Crippen LogP contribution in [0.15, 0.2) is 89.9 Å². The minimum Gasteiger partial charge on any atom is -0.347 e. The van der Waals surface area contributed by atoms with Crippen LogP contribution in [0.1, 0.15) is 27.2 Å². The highest BCUT2D eigenvalue weighted by Gasteiger charge is 2.20. The Balaban J connectivity index is 1.63. The van der Waals surface area contributed by atoms with E-state index in [4.69, 9.17) is 4.98 Å². The van der Waals surface area contributed by atoms with E-state index in [2.05, 4.69) is 5.32 Å². The summed E-state index contributed by atoms with van der Waals surface area (Å²) in [7, 11) is 0. The van der Waals surface area contributed by atoms with Gasteiger partial charge in [-0.3, -0.25) is 14.0 Å². The van der Waals surface area contributed by atoms with Crippen LogP contribution < -0.4 is 10.9 Å². The van der Waals surface area contributed by atoms with Gasteiger partial charge >= 0.3 is 0 Å². The Morgan fingerprint density at radius 2 is 1.62 bits per heavy atom. The van der Waals surface area contributed by atoms with Crippen molar-refractivity contribution >= 4 is 22.6 Å². The Morgan fingerprint density at radius 1 is 0.938 bits per heavy atom. The van der Waals surface area contributed by atoms with Gasteiger partial charge in [0.2, 0.25) is 0 Å². The first-order chi connectivity index (χ1) is 15.6. The van der Waals surface area contributed by atoms with Gasteiger partial charge in [0.05, 0.1) is 5.39 Å². The summed E-state index contributed by atoms with van der Waals surface area (Å²) in [6.07, 6.45) is 1.77. The van der Waals surface area contributed by atoms with E-state index < -0.39 is 0 Å². The van der Waals surface area contributed by atoms with Gasteiger partial charge in [0.15, 0.2) is 0 Å². The summed E-state index contributed by atoms with van der Waals surface area (Å²) in [4.78, 5) is 31.2. The molecule has 0 bridgehead atoms. The van der Waals surface area contributed by atoms with Gasteiger partial charge in [-0.15, -0.1) is 0 Å². The van der Waals surface area contributed by atoms with Crippen LogP contribution in [0.5, 0.6) is 0 Å². The van der Waals surface area contributed by atoms with Crippen LogP contribution in [0.4, 0.5) is 0 Å². The molecule has 0 saturated carbocycles. The second kappa shape index (κ2) is 8.15. The number of amides is 1. The fourth-order valence-corrected chi connectivity index (χ4v) is 3.89. The third kappa shape index (κ3) is 3.67. The summed E-state index contributed by atoms with van der Waals surface area (Å²) < 4.78 is 3.36. The van der Waals surface area contributed by atoms with E-state index >= 15 is 0 Å². The molecule has 0 aliphatic heterocycles. The predicted molar refractivity (Wildman–Crippen MR) is 125 cm³/mol. The SMILES string of the molecule is Cc1ccc2nc3c(cc(C(=O)NCc4ccccc4)n3Cc3ccccc3)c(=O)n2c1. The van der Waals surface area contributed by atoms with Gasteiger partial charge < -0.3 is 9.88 Å². The third-order valence-corrected chi connectivity index (χ3v) is 5.52. The molecule has 5 aromatic rings. The van der Waals surface area contributed by atoms with Gasteiger partial charge in [-0.2, -0.15) is 0 Å². The van der Waals surface area contributed by atoms with Crippen LogP contribution in [0, 0.1) is 6.92 Å². The lowest BCUT2D eigenvalue weighted by Crippen LogP contribution is -2.25. The van der Waals surface area contributed by atoms with Gasteiger partial charge in [0.25, 0.3) is 11.5 Å². The molecule has 0 radical (unpaired) electrons. The van der Waals surface area contributed by atoms with Crippen molar-refractivity contribution in [1.29, 1.82) is 0 Å². The van der Waals surface area contributed by atoms with Crippen molar-refractivity contribution in [2.75, 3.05) is 0 Å². The average Bonchev–Trinajstić information content (AvgIpc) is 3.18. The van der Waals surface area contributed by atoms with E-state index in [1.54, 1.807) is 12.3 Å². The molecule has 0 unspecified atom stereocenters. The fraction of sp³-hybridized carbons (Fsp3) is 0.115. The quantitative estimate of drug-likeness (QED) is 0.467. The number of benzene rings is 2. The van der Waals surface area contributed by atoms with E-state index in [0.717, 1.165) is 16.7 Å². The number of carbonyl (C=O) groups is 1. The van der Waals surface area contributed by atoms with Crippen molar-refractivity contribution in [3.8, 4) is 0 Å². The molecule has 2 aromatic carbocycles. The van der Waals surface area contributed by atoms with Crippen molar-refractivity contribution in [3.63, 3.8) is 0 Å². The first kappa shape index (κ1) is 19.8. The molecule has 3 aromatic heterocycles. The van der Waals surface area contributed by atoms with Crippen molar-refractivity contribution < 1.29 is 4.79 Å². The van der Waals surface area contributed by atoms with Crippen LogP contribution in [0.3, 0.4) is 0 Å². The summed E-state index contributed by atoms with van der Waals surface area (Å²) in [5.74, 6) is -0.243. The van der Waals surface area contributed by atoms with Gasteiger partial charge in [-0.25, -0.2) is 4.98 Å². The van der Waals surface area contributed by atoms with Crippen molar-refractivity contribution in [2.45, 2.75) is 20.0 Å². The Hall–Kier alpha value is -4.19. The van der Waals surface area contributed by atoms with E-state index in [0.29, 0.717) is 35.5 Å². The highest BCUT2D eigenvalue weighted by atomic mass is 16.2. The predicted octanol–water partition coefficient (Wildman–Crippen LogP) is 3.94. The summed E-state index contributed by atoms with van der Waals surface area (Å²) in [5, 5.41) is 3.40. The molecule has 0 atom stereocenters. The van der Waals surface area contributed by atoms with Crippen molar-refractivity contribution in [3.05, 3.63) is 118 Å². The maximum atomic E-state index is 13.2. The van der Waals surface area contributed by atoms with Gasteiger partial charge in [-0.05, 0) is 35.7 Å². The Bertz CT molecular complexity index is 1490. The number of nitrogens with zero attached hydrogens (tertiary/aromatic N) is 3.